The van der Waals surface area contributed by atoms with Crippen molar-refractivity contribution in [3.05, 3.63) is 95.6 Å². The zero-order valence-corrected chi connectivity index (χ0v) is 33.2. The van der Waals surface area contributed by atoms with Gasteiger partial charge >= 0.3 is 17.9 Å². The average Bonchev–Trinajstić information content (AvgIpc) is 3.47. The Labute approximate surface area is 344 Å². The molecule has 4 aliphatic rings. The Hall–Kier alpha value is -5.92. The Morgan fingerprint density at radius 1 is 0.717 bits per heavy atom. The summed E-state index contributed by atoms with van der Waals surface area (Å²) in [4.78, 5) is 80.1. The van der Waals surface area contributed by atoms with Crippen LogP contribution in [0.2, 0.25) is 0 Å². The fourth-order valence-corrected chi connectivity index (χ4v) is 7.69. The largest absolute Gasteiger partial charge is 0.497 e. The number of esters is 3. The number of fused-ring (bicyclic) bond motifs is 2. The highest BCUT2D eigenvalue weighted by molar-refractivity contribution is 6.21. The number of amides is 3. The van der Waals surface area contributed by atoms with Gasteiger partial charge < -0.3 is 52.7 Å². The molecule has 0 spiro atoms. The van der Waals surface area contributed by atoms with E-state index >= 15 is 0 Å². The highest BCUT2D eigenvalue weighted by atomic mass is 16.8. The Morgan fingerprint density at radius 3 is 1.93 bits per heavy atom. The molecule has 18 heteroatoms. The van der Waals surface area contributed by atoms with Crippen molar-refractivity contribution in [3.8, 4) is 11.5 Å². The number of methoxy groups -OCH3 is 1. The maximum atomic E-state index is 14.3. The Balaban J connectivity index is 1.35. The van der Waals surface area contributed by atoms with Crippen LogP contribution >= 0.6 is 0 Å². The van der Waals surface area contributed by atoms with Crippen LogP contribution in [0.25, 0.3) is 0 Å². The Kier molecular flexibility index (Phi) is 12.8. The normalized spacial score (nSPS) is 29.7. The number of nitrogens with zero attached hydrogens (tertiary/aromatic N) is 1. The summed E-state index contributed by atoms with van der Waals surface area (Å²) in [6, 6.07) is 18.8. The molecule has 3 aromatic carbocycles. The zero-order valence-electron chi connectivity index (χ0n) is 33.2. The van der Waals surface area contributed by atoms with Gasteiger partial charge in [-0.05, 0) is 36.4 Å². The lowest BCUT2D eigenvalue weighted by Crippen LogP contribution is -2.72. The van der Waals surface area contributed by atoms with Gasteiger partial charge in [-0.25, -0.2) is 0 Å². The second-order valence-corrected chi connectivity index (χ2v) is 14.4. The van der Waals surface area contributed by atoms with E-state index in [9.17, 15) is 28.8 Å². The summed E-state index contributed by atoms with van der Waals surface area (Å²) >= 11 is 0. The zero-order chi connectivity index (χ0) is 42.7. The highest BCUT2D eigenvalue weighted by Crippen LogP contribution is 2.41. The van der Waals surface area contributed by atoms with Gasteiger partial charge in [0.15, 0.2) is 24.8 Å². The molecule has 3 aromatic rings. The van der Waals surface area contributed by atoms with Crippen molar-refractivity contribution >= 4 is 35.6 Å². The van der Waals surface area contributed by atoms with Gasteiger partial charge in [0.1, 0.15) is 54.6 Å². The molecule has 1 N–H and O–H groups in total. The number of imide groups is 1. The van der Waals surface area contributed by atoms with E-state index in [2.05, 4.69) is 5.32 Å². The monoisotopic (exact) mass is 832 g/mol. The molecule has 7 rings (SSSR count). The first kappa shape index (κ1) is 42.2. The molecule has 60 heavy (non-hydrogen) atoms. The lowest BCUT2D eigenvalue weighted by atomic mass is 9.92. The Bertz CT molecular complexity index is 2050. The van der Waals surface area contributed by atoms with Crippen LogP contribution < -0.4 is 14.8 Å². The molecule has 318 valence electrons. The topological polar surface area (TPSA) is 210 Å². The smallest absolute Gasteiger partial charge is 0.303 e. The van der Waals surface area contributed by atoms with Crippen molar-refractivity contribution < 1.29 is 76.1 Å². The van der Waals surface area contributed by atoms with Gasteiger partial charge in [-0.15, -0.1) is 0 Å². The third kappa shape index (κ3) is 8.97. The van der Waals surface area contributed by atoms with Crippen molar-refractivity contribution in [2.45, 2.75) is 95.3 Å². The molecule has 18 nitrogen and oxygen atoms in total. The van der Waals surface area contributed by atoms with Crippen LogP contribution in [0.15, 0.2) is 78.9 Å². The number of hydrogen-bond donors (Lipinski definition) is 1. The van der Waals surface area contributed by atoms with Crippen LogP contribution in [0.3, 0.4) is 0 Å². The number of benzene rings is 3. The van der Waals surface area contributed by atoms with E-state index in [1.54, 1.807) is 60.7 Å². The van der Waals surface area contributed by atoms with Gasteiger partial charge in [0.2, 0.25) is 12.2 Å². The first-order valence-corrected chi connectivity index (χ1v) is 19.1. The van der Waals surface area contributed by atoms with E-state index in [0.717, 1.165) is 25.7 Å². The molecule has 3 fully saturated rings. The van der Waals surface area contributed by atoms with Crippen LogP contribution in [-0.2, 0) is 57.1 Å². The van der Waals surface area contributed by atoms with E-state index < -0.39 is 110 Å². The molecule has 0 unspecified atom stereocenters. The molecular formula is C42H44N2O16. The standard InChI is InChI=1S/C42H44N2O16/c1-21(45)43-32-36(34-31(20-53-40(59-34)25-11-7-6-8-12-25)57-41(32)56-27-17-15-26(51-5)16-18-27)60-42-33(44-38(49)28-13-9-10-14-29(28)39(44)50)37(55-24(4)48)35(54-23(3)47)30(58-42)19-52-22(2)46/h6-18,30-37,40-42H,19-20H2,1-5H3,(H,43,45)/t30-,31-,32-,33-,34-,35-,36-,37-,40-,41-,42+/m1/s1. The number of nitrogens with one attached hydrogen (secondary N) is 1. The summed E-state index contributed by atoms with van der Waals surface area (Å²) in [5, 5.41) is 2.86. The first-order chi connectivity index (χ1) is 28.8. The molecule has 11 atom stereocenters. The Morgan fingerprint density at radius 2 is 1.33 bits per heavy atom. The van der Waals surface area contributed by atoms with Gasteiger partial charge in [-0.2, -0.15) is 0 Å². The van der Waals surface area contributed by atoms with Gasteiger partial charge in [-0.1, -0.05) is 42.5 Å². The van der Waals surface area contributed by atoms with Gasteiger partial charge in [0.05, 0.1) is 24.8 Å². The van der Waals surface area contributed by atoms with Gasteiger partial charge in [0.25, 0.3) is 11.8 Å². The molecule has 0 radical (unpaired) electrons. The quantitative estimate of drug-likeness (QED) is 0.158. The number of carbonyl (C=O) groups is 6. The lowest BCUT2D eigenvalue weighted by Gasteiger charge is -2.52. The van der Waals surface area contributed by atoms with E-state index in [1.165, 1.54) is 26.2 Å². The molecule has 3 amide bonds. The number of rotatable bonds is 12. The maximum Gasteiger partial charge on any atom is 0.303 e. The predicted molar refractivity (Wildman–Crippen MR) is 202 cm³/mol. The summed E-state index contributed by atoms with van der Waals surface area (Å²) in [5.74, 6) is -3.65. The second-order valence-electron chi connectivity index (χ2n) is 14.4. The highest BCUT2D eigenvalue weighted by Gasteiger charge is 2.60. The van der Waals surface area contributed by atoms with E-state index in [4.69, 9.17) is 47.4 Å². The fourth-order valence-electron chi connectivity index (χ4n) is 7.69. The van der Waals surface area contributed by atoms with Crippen molar-refractivity contribution in [2.75, 3.05) is 20.3 Å². The van der Waals surface area contributed by atoms with E-state index in [-0.39, 0.29) is 17.7 Å². The van der Waals surface area contributed by atoms with E-state index in [1.807, 2.05) is 6.07 Å². The third-order valence-corrected chi connectivity index (χ3v) is 10.2. The summed E-state index contributed by atoms with van der Waals surface area (Å²) in [6.07, 6.45) is -11.9. The summed E-state index contributed by atoms with van der Waals surface area (Å²) in [6.45, 7) is 4.02. The molecular weight excluding hydrogens is 788 g/mol. The van der Waals surface area contributed by atoms with Crippen LogP contribution in [0.5, 0.6) is 11.5 Å². The number of carbonyl (C=O) groups excluding carboxylic acids is 6. The summed E-state index contributed by atoms with van der Waals surface area (Å²) in [7, 11) is 1.51. The van der Waals surface area contributed by atoms with Gasteiger partial charge in [0, 0.05) is 33.3 Å². The van der Waals surface area contributed by atoms with Crippen molar-refractivity contribution in [3.63, 3.8) is 0 Å². The van der Waals surface area contributed by atoms with Crippen LogP contribution in [0, 0.1) is 0 Å². The molecule has 0 saturated carbocycles. The average molecular weight is 833 g/mol. The molecule has 0 aromatic heterocycles. The fraction of sp³-hybridized carbons (Fsp3) is 0.429. The molecule has 4 aliphatic heterocycles. The second kappa shape index (κ2) is 18.1. The molecule has 3 saturated heterocycles. The van der Waals surface area contributed by atoms with Crippen molar-refractivity contribution in [2.24, 2.45) is 0 Å². The van der Waals surface area contributed by atoms with Gasteiger partial charge in [-0.3, -0.25) is 33.7 Å². The lowest BCUT2D eigenvalue weighted by molar-refractivity contribution is -0.366. The minimum absolute atomic E-state index is 0.0440. The minimum atomic E-state index is -1.76. The molecule has 0 aliphatic carbocycles. The van der Waals surface area contributed by atoms with E-state index in [0.29, 0.717) is 17.1 Å². The third-order valence-electron chi connectivity index (χ3n) is 10.2. The number of hydrogen-bond acceptors (Lipinski definition) is 16. The number of ether oxygens (including phenoxy) is 10. The summed E-state index contributed by atoms with van der Waals surface area (Å²) < 4.78 is 61.0. The first-order valence-electron chi connectivity index (χ1n) is 19.1. The molecule has 0 bridgehead atoms. The maximum absolute atomic E-state index is 14.3. The van der Waals surface area contributed by atoms with Crippen molar-refractivity contribution in [1.29, 1.82) is 0 Å². The van der Waals surface area contributed by atoms with Crippen LogP contribution in [0.1, 0.15) is 60.3 Å². The van der Waals surface area contributed by atoms with Crippen LogP contribution in [0.4, 0.5) is 0 Å². The molecule has 4 heterocycles. The predicted octanol–water partition coefficient (Wildman–Crippen LogP) is 2.62. The SMILES string of the molecule is COc1ccc(O[C@@H]2O[C@@H]3CO[C@@H](c4ccccc4)O[C@H]3[C@H](O[C@@H]3O[C@H](COC(C)=O)[C@@H](OC(C)=O)[C@H](OC(C)=O)[C@H]3N3C(=O)c4ccccc4C3=O)[C@H]2NC(C)=O)cc1. The van der Waals surface area contributed by atoms with Crippen LogP contribution in [-0.4, -0.2) is 122 Å². The summed E-state index contributed by atoms with van der Waals surface area (Å²) in [5.41, 5.74) is 0.742. The minimum Gasteiger partial charge on any atom is -0.497 e. The van der Waals surface area contributed by atoms with Crippen molar-refractivity contribution in [1.82, 2.24) is 10.2 Å².